The Hall–Kier alpha value is -1.41. The highest BCUT2D eigenvalue weighted by Gasteiger charge is 2.32. The standard InChI is InChI=1S/C14H19N3O/c1-18-9-8-17-7-6-13(16)14(17)12-4-2-11(10-15)3-5-12/h2-5,13-14H,6-9,16H2,1H3. The molecule has 2 unspecified atom stereocenters. The second kappa shape index (κ2) is 5.96. The van der Waals surface area contributed by atoms with E-state index in [1.165, 1.54) is 5.56 Å². The summed E-state index contributed by atoms with van der Waals surface area (Å²) in [7, 11) is 1.71. The number of benzene rings is 1. The van der Waals surface area contributed by atoms with Crippen LogP contribution in [-0.4, -0.2) is 37.7 Å². The highest BCUT2D eigenvalue weighted by molar-refractivity contribution is 5.33. The molecular formula is C14H19N3O. The summed E-state index contributed by atoms with van der Waals surface area (Å²) in [5.41, 5.74) is 8.07. The van der Waals surface area contributed by atoms with Gasteiger partial charge in [-0.3, -0.25) is 4.90 Å². The van der Waals surface area contributed by atoms with Crippen LogP contribution in [-0.2, 0) is 4.74 Å². The number of nitriles is 1. The highest BCUT2D eigenvalue weighted by atomic mass is 16.5. The van der Waals surface area contributed by atoms with E-state index >= 15 is 0 Å². The van der Waals surface area contributed by atoms with Gasteiger partial charge in [-0.05, 0) is 24.1 Å². The van der Waals surface area contributed by atoms with Crippen LogP contribution >= 0.6 is 0 Å². The molecule has 4 heteroatoms. The number of hydrogen-bond donors (Lipinski definition) is 1. The van der Waals surface area contributed by atoms with Crippen molar-refractivity contribution in [3.05, 3.63) is 35.4 Å². The van der Waals surface area contributed by atoms with Crippen LogP contribution in [0.15, 0.2) is 24.3 Å². The van der Waals surface area contributed by atoms with E-state index in [2.05, 4.69) is 11.0 Å². The van der Waals surface area contributed by atoms with Gasteiger partial charge in [0.1, 0.15) is 0 Å². The van der Waals surface area contributed by atoms with Crippen molar-refractivity contribution in [1.29, 1.82) is 5.26 Å². The molecule has 2 N–H and O–H groups in total. The van der Waals surface area contributed by atoms with Crippen molar-refractivity contribution in [3.63, 3.8) is 0 Å². The summed E-state index contributed by atoms with van der Waals surface area (Å²) >= 11 is 0. The molecule has 2 rings (SSSR count). The van der Waals surface area contributed by atoms with E-state index in [0.29, 0.717) is 5.56 Å². The van der Waals surface area contributed by atoms with Crippen LogP contribution in [0.1, 0.15) is 23.6 Å². The van der Waals surface area contributed by atoms with E-state index in [0.717, 1.165) is 26.1 Å². The molecular weight excluding hydrogens is 226 g/mol. The van der Waals surface area contributed by atoms with E-state index in [1.807, 2.05) is 24.3 Å². The van der Waals surface area contributed by atoms with E-state index in [9.17, 15) is 0 Å². The van der Waals surface area contributed by atoms with Gasteiger partial charge in [-0.1, -0.05) is 12.1 Å². The molecule has 0 saturated carbocycles. The molecule has 1 heterocycles. The van der Waals surface area contributed by atoms with Crippen molar-refractivity contribution in [2.75, 3.05) is 26.8 Å². The molecule has 1 aliphatic heterocycles. The Labute approximate surface area is 108 Å². The van der Waals surface area contributed by atoms with Gasteiger partial charge < -0.3 is 10.5 Å². The average molecular weight is 245 g/mol. The van der Waals surface area contributed by atoms with E-state index in [1.54, 1.807) is 7.11 Å². The lowest BCUT2D eigenvalue weighted by molar-refractivity contribution is 0.139. The van der Waals surface area contributed by atoms with Crippen molar-refractivity contribution in [1.82, 2.24) is 4.90 Å². The minimum absolute atomic E-state index is 0.162. The fourth-order valence-electron chi connectivity index (χ4n) is 2.55. The number of nitrogens with two attached hydrogens (primary N) is 1. The van der Waals surface area contributed by atoms with Crippen LogP contribution in [0.3, 0.4) is 0 Å². The van der Waals surface area contributed by atoms with Gasteiger partial charge in [0.05, 0.1) is 24.3 Å². The molecule has 1 aliphatic rings. The molecule has 1 aromatic carbocycles. The highest BCUT2D eigenvalue weighted by Crippen LogP contribution is 2.30. The van der Waals surface area contributed by atoms with Crippen LogP contribution in [0.2, 0.25) is 0 Å². The number of nitrogens with zero attached hydrogens (tertiary/aromatic N) is 2. The predicted molar refractivity (Wildman–Crippen MR) is 69.9 cm³/mol. The monoisotopic (exact) mass is 245 g/mol. The summed E-state index contributed by atoms with van der Waals surface area (Å²) < 4.78 is 5.13. The van der Waals surface area contributed by atoms with Gasteiger partial charge in [-0.25, -0.2) is 0 Å². The smallest absolute Gasteiger partial charge is 0.0991 e. The van der Waals surface area contributed by atoms with Gasteiger partial charge in [-0.15, -0.1) is 0 Å². The largest absolute Gasteiger partial charge is 0.383 e. The molecule has 1 fully saturated rings. The molecule has 0 spiro atoms. The van der Waals surface area contributed by atoms with Gasteiger partial charge in [0, 0.05) is 26.2 Å². The summed E-state index contributed by atoms with van der Waals surface area (Å²) in [5, 5.41) is 8.81. The Kier molecular flexibility index (Phi) is 4.32. The maximum absolute atomic E-state index is 8.81. The summed E-state index contributed by atoms with van der Waals surface area (Å²) in [6, 6.07) is 10.3. The Morgan fingerprint density at radius 3 is 2.78 bits per heavy atom. The summed E-state index contributed by atoms with van der Waals surface area (Å²) in [4.78, 5) is 2.36. The lowest BCUT2D eigenvalue weighted by Gasteiger charge is -2.26. The number of methoxy groups -OCH3 is 1. The first-order chi connectivity index (χ1) is 8.76. The van der Waals surface area contributed by atoms with Gasteiger partial charge in [0.25, 0.3) is 0 Å². The molecule has 0 radical (unpaired) electrons. The Balaban J connectivity index is 2.14. The number of likely N-dealkylation sites (tertiary alicyclic amines) is 1. The van der Waals surface area contributed by atoms with Crippen LogP contribution in [0.25, 0.3) is 0 Å². The Bertz CT molecular complexity index is 424. The fraction of sp³-hybridized carbons (Fsp3) is 0.500. The van der Waals surface area contributed by atoms with Gasteiger partial charge >= 0.3 is 0 Å². The Morgan fingerprint density at radius 1 is 1.44 bits per heavy atom. The zero-order chi connectivity index (χ0) is 13.0. The molecule has 2 atom stereocenters. The number of rotatable bonds is 4. The van der Waals surface area contributed by atoms with Crippen molar-refractivity contribution < 1.29 is 4.74 Å². The second-order valence-corrected chi connectivity index (χ2v) is 4.66. The van der Waals surface area contributed by atoms with Crippen LogP contribution in [0.5, 0.6) is 0 Å². The molecule has 0 amide bonds. The topological polar surface area (TPSA) is 62.3 Å². The summed E-state index contributed by atoms with van der Waals surface area (Å²) in [6.45, 7) is 2.63. The summed E-state index contributed by atoms with van der Waals surface area (Å²) in [5.74, 6) is 0. The van der Waals surface area contributed by atoms with Crippen molar-refractivity contribution >= 4 is 0 Å². The van der Waals surface area contributed by atoms with E-state index in [-0.39, 0.29) is 12.1 Å². The third kappa shape index (κ3) is 2.70. The maximum atomic E-state index is 8.81. The van der Waals surface area contributed by atoms with Gasteiger partial charge in [0.2, 0.25) is 0 Å². The van der Waals surface area contributed by atoms with Crippen LogP contribution < -0.4 is 5.73 Å². The molecule has 1 aromatic rings. The lowest BCUT2D eigenvalue weighted by atomic mass is 9.99. The van der Waals surface area contributed by atoms with Crippen molar-refractivity contribution in [3.8, 4) is 6.07 Å². The normalized spacial score (nSPS) is 24.1. The average Bonchev–Trinajstić information content (AvgIpc) is 2.77. The molecule has 4 nitrogen and oxygen atoms in total. The fourth-order valence-corrected chi connectivity index (χ4v) is 2.55. The molecule has 0 bridgehead atoms. The zero-order valence-electron chi connectivity index (χ0n) is 10.7. The predicted octanol–water partition coefficient (Wildman–Crippen LogP) is 1.28. The third-order valence-electron chi connectivity index (χ3n) is 3.51. The maximum Gasteiger partial charge on any atom is 0.0991 e. The van der Waals surface area contributed by atoms with Crippen molar-refractivity contribution in [2.24, 2.45) is 5.73 Å². The number of ether oxygens (including phenoxy) is 1. The summed E-state index contributed by atoms with van der Waals surface area (Å²) in [6.07, 6.45) is 1.01. The quantitative estimate of drug-likeness (QED) is 0.868. The molecule has 18 heavy (non-hydrogen) atoms. The van der Waals surface area contributed by atoms with Gasteiger partial charge in [-0.2, -0.15) is 5.26 Å². The van der Waals surface area contributed by atoms with Crippen molar-refractivity contribution in [2.45, 2.75) is 18.5 Å². The van der Waals surface area contributed by atoms with Crippen LogP contribution in [0.4, 0.5) is 0 Å². The molecule has 0 aliphatic carbocycles. The van der Waals surface area contributed by atoms with Crippen LogP contribution in [0, 0.1) is 11.3 Å². The Morgan fingerprint density at radius 2 is 2.17 bits per heavy atom. The van der Waals surface area contributed by atoms with Gasteiger partial charge in [0.15, 0.2) is 0 Å². The first kappa shape index (κ1) is 13.0. The lowest BCUT2D eigenvalue weighted by Crippen LogP contribution is -2.33. The third-order valence-corrected chi connectivity index (χ3v) is 3.51. The van der Waals surface area contributed by atoms with E-state index < -0.39 is 0 Å². The second-order valence-electron chi connectivity index (χ2n) is 4.66. The molecule has 1 saturated heterocycles. The zero-order valence-corrected chi connectivity index (χ0v) is 10.7. The SMILES string of the molecule is COCCN1CCC(N)C1c1ccc(C#N)cc1. The first-order valence-corrected chi connectivity index (χ1v) is 6.25. The number of hydrogen-bond acceptors (Lipinski definition) is 4. The molecule has 0 aromatic heterocycles. The first-order valence-electron chi connectivity index (χ1n) is 6.25. The minimum atomic E-state index is 0.162. The molecule has 96 valence electrons. The van der Waals surface area contributed by atoms with E-state index in [4.69, 9.17) is 15.7 Å². The minimum Gasteiger partial charge on any atom is -0.383 e.